The van der Waals surface area contributed by atoms with Crippen molar-refractivity contribution in [3.8, 4) is 11.1 Å². The first kappa shape index (κ1) is 13.3. The van der Waals surface area contributed by atoms with Crippen molar-refractivity contribution in [2.75, 3.05) is 0 Å². The van der Waals surface area contributed by atoms with Crippen molar-refractivity contribution in [3.05, 3.63) is 35.9 Å². The van der Waals surface area contributed by atoms with Crippen LogP contribution in [0.1, 0.15) is 37.0 Å². The number of carboxylic acid groups (broad SMARTS) is 1. The predicted octanol–water partition coefficient (Wildman–Crippen LogP) is 2.48. The maximum atomic E-state index is 10.8. The Morgan fingerprint density at radius 3 is 2.47 bits per heavy atom. The molecule has 100 valence electrons. The second kappa shape index (κ2) is 4.50. The minimum atomic E-state index is -1.02. The largest absolute Gasteiger partial charge is 0.477 e. The number of aromatic nitrogens is 3. The molecule has 0 aliphatic rings. The van der Waals surface area contributed by atoms with Gasteiger partial charge in [-0.05, 0) is 6.07 Å². The van der Waals surface area contributed by atoms with E-state index in [0.717, 1.165) is 16.8 Å². The van der Waals surface area contributed by atoms with E-state index in [0.29, 0.717) is 0 Å². The molecule has 1 N–H and O–H groups in total. The zero-order chi connectivity index (χ0) is 14.2. The highest BCUT2D eigenvalue weighted by molar-refractivity contribution is 5.85. The van der Waals surface area contributed by atoms with Crippen molar-refractivity contribution in [2.24, 2.45) is 7.05 Å². The number of carbonyl (C=O) groups is 1. The summed E-state index contributed by atoms with van der Waals surface area (Å²) in [6.45, 7) is 6.29. The minimum absolute atomic E-state index is 0.0462. The number of pyridine rings is 1. The Morgan fingerprint density at radius 2 is 2.00 bits per heavy atom. The lowest BCUT2D eigenvalue weighted by molar-refractivity contribution is 0.0690. The minimum Gasteiger partial charge on any atom is -0.477 e. The summed E-state index contributed by atoms with van der Waals surface area (Å²) in [6, 6.07) is 3.28. The van der Waals surface area contributed by atoms with E-state index in [-0.39, 0.29) is 11.1 Å². The number of rotatable bonds is 2. The molecule has 0 fully saturated rings. The molecular weight excluding hydrogens is 242 g/mol. The number of nitrogens with zero attached hydrogens (tertiary/aromatic N) is 3. The van der Waals surface area contributed by atoms with Crippen LogP contribution in [-0.2, 0) is 12.5 Å². The maximum absolute atomic E-state index is 10.8. The molecule has 2 rings (SSSR count). The van der Waals surface area contributed by atoms with Crippen molar-refractivity contribution >= 4 is 5.97 Å². The summed E-state index contributed by atoms with van der Waals surface area (Å²) in [4.78, 5) is 14.8. The molecule has 0 atom stereocenters. The van der Waals surface area contributed by atoms with Crippen LogP contribution in [-0.4, -0.2) is 25.8 Å². The molecule has 0 saturated carbocycles. The first-order valence-electron chi connectivity index (χ1n) is 6.03. The lowest BCUT2D eigenvalue weighted by atomic mass is 9.88. The highest BCUT2D eigenvalue weighted by Gasteiger charge is 2.22. The smallest absolute Gasteiger partial charge is 0.354 e. The quantitative estimate of drug-likeness (QED) is 0.899. The van der Waals surface area contributed by atoms with Gasteiger partial charge in [-0.2, -0.15) is 5.10 Å². The summed E-state index contributed by atoms with van der Waals surface area (Å²) in [5, 5.41) is 13.3. The van der Waals surface area contributed by atoms with Crippen molar-refractivity contribution in [1.29, 1.82) is 0 Å². The molecule has 0 radical (unpaired) electrons. The topological polar surface area (TPSA) is 68.0 Å². The zero-order valence-corrected chi connectivity index (χ0v) is 11.5. The lowest BCUT2D eigenvalue weighted by Gasteiger charge is -2.17. The number of aryl methyl sites for hydroxylation is 1. The monoisotopic (exact) mass is 259 g/mol. The number of aromatic carboxylic acids is 1. The van der Waals surface area contributed by atoms with Crippen LogP contribution in [0.25, 0.3) is 11.1 Å². The molecule has 0 bridgehead atoms. The molecule has 0 amide bonds. The van der Waals surface area contributed by atoms with Crippen LogP contribution in [0.3, 0.4) is 0 Å². The molecule has 0 aliphatic heterocycles. The van der Waals surface area contributed by atoms with Crippen LogP contribution >= 0.6 is 0 Å². The van der Waals surface area contributed by atoms with Gasteiger partial charge in [-0.15, -0.1) is 0 Å². The van der Waals surface area contributed by atoms with Gasteiger partial charge in [0.05, 0.1) is 5.69 Å². The molecule has 0 saturated heterocycles. The highest BCUT2D eigenvalue weighted by Crippen LogP contribution is 2.31. The van der Waals surface area contributed by atoms with E-state index in [9.17, 15) is 4.79 Å². The average molecular weight is 259 g/mol. The third kappa shape index (κ3) is 2.65. The van der Waals surface area contributed by atoms with Gasteiger partial charge in [0, 0.05) is 36.0 Å². The van der Waals surface area contributed by atoms with Crippen LogP contribution in [0, 0.1) is 0 Å². The normalized spacial score (nSPS) is 11.6. The fourth-order valence-electron chi connectivity index (χ4n) is 1.93. The first-order valence-corrected chi connectivity index (χ1v) is 6.03. The van der Waals surface area contributed by atoms with Crippen LogP contribution in [0.4, 0.5) is 0 Å². The average Bonchev–Trinajstić information content (AvgIpc) is 2.71. The Kier molecular flexibility index (Phi) is 3.14. The van der Waals surface area contributed by atoms with Crippen LogP contribution in [0.2, 0.25) is 0 Å². The van der Waals surface area contributed by atoms with E-state index >= 15 is 0 Å². The standard InChI is InChI=1S/C14H17N3O2/c1-14(2,3)12-10(8-17(4)16-12)9-5-6-11(13(18)19)15-7-9/h5-8H,1-4H3,(H,18,19). The molecule has 0 spiro atoms. The van der Waals surface area contributed by atoms with Gasteiger partial charge in [-0.25, -0.2) is 9.78 Å². The van der Waals surface area contributed by atoms with E-state index in [1.165, 1.54) is 6.07 Å². The zero-order valence-electron chi connectivity index (χ0n) is 11.5. The lowest BCUT2D eigenvalue weighted by Crippen LogP contribution is -2.13. The fraction of sp³-hybridized carbons (Fsp3) is 0.357. The first-order chi connectivity index (χ1) is 8.79. The van der Waals surface area contributed by atoms with E-state index in [2.05, 4.69) is 30.9 Å². The summed E-state index contributed by atoms with van der Waals surface area (Å²) in [6.07, 6.45) is 3.51. The van der Waals surface area contributed by atoms with Crippen LogP contribution < -0.4 is 0 Å². The molecular formula is C14H17N3O2. The van der Waals surface area contributed by atoms with E-state index < -0.39 is 5.97 Å². The van der Waals surface area contributed by atoms with Gasteiger partial charge in [0.25, 0.3) is 0 Å². The number of hydrogen-bond acceptors (Lipinski definition) is 3. The second-order valence-corrected chi connectivity index (χ2v) is 5.55. The predicted molar refractivity (Wildman–Crippen MR) is 72.1 cm³/mol. The SMILES string of the molecule is Cn1cc(-c2ccc(C(=O)O)nc2)c(C(C)(C)C)n1. The summed E-state index contributed by atoms with van der Waals surface area (Å²) in [5.41, 5.74) is 2.80. The fourth-order valence-corrected chi connectivity index (χ4v) is 1.93. The van der Waals surface area contributed by atoms with E-state index in [1.807, 2.05) is 13.2 Å². The molecule has 2 aromatic rings. The van der Waals surface area contributed by atoms with Gasteiger partial charge < -0.3 is 5.11 Å². The summed E-state index contributed by atoms with van der Waals surface area (Å²) in [5.74, 6) is -1.02. The van der Waals surface area contributed by atoms with Crippen molar-refractivity contribution < 1.29 is 9.90 Å². The summed E-state index contributed by atoms with van der Waals surface area (Å²) < 4.78 is 1.76. The van der Waals surface area contributed by atoms with Gasteiger partial charge in [0.15, 0.2) is 0 Å². The van der Waals surface area contributed by atoms with Crippen LogP contribution in [0.15, 0.2) is 24.5 Å². The van der Waals surface area contributed by atoms with E-state index in [1.54, 1.807) is 16.9 Å². The van der Waals surface area contributed by atoms with E-state index in [4.69, 9.17) is 5.11 Å². The molecule has 0 aliphatic carbocycles. The molecule has 2 heterocycles. The molecule has 0 unspecified atom stereocenters. The molecule has 5 nitrogen and oxygen atoms in total. The summed E-state index contributed by atoms with van der Waals surface area (Å²) >= 11 is 0. The van der Waals surface area contributed by atoms with Crippen molar-refractivity contribution in [3.63, 3.8) is 0 Å². The Labute approximate surface area is 111 Å². The molecule has 0 aromatic carbocycles. The van der Waals surface area contributed by atoms with Gasteiger partial charge in [-0.3, -0.25) is 4.68 Å². The summed E-state index contributed by atoms with van der Waals surface area (Å²) in [7, 11) is 1.87. The van der Waals surface area contributed by atoms with Gasteiger partial charge in [0.2, 0.25) is 0 Å². The Balaban J connectivity index is 2.50. The second-order valence-electron chi connectivity index (χ2n) is 5.55. The molecule has 2 aromatic heterocycles. The Hall–Kier alpha value is -2.17. The Bertz CT molecular complexity index is 607. The van der Waals surface area contributed by atoms with Gasteiger partial charge in [-0.1, -0.05) is 26.8 Å². The maximum Gasteiger partial charge on any atom is 0.354 e. The third-order valence-corrected chi connectivity index (χ3v) is 2.83. The molecule has 5 heteroatoms. The van der Waals surface area contributed by atoms with Crippen molar-refractivity contribution in [1.82, 2.24) is 14.8 Å². The number of carboxylic acids is 1. The van der Waals surface area contributed by atoms with Gasteiger partial charge in [0.1, 0.15) is 5.69 Å². The van der Waals surface area contributed by atoms with Gasteiger partial charge >= 0.3 is 5.97 Å². The highest BCUT2D eigenvalue weighted by atomic mass is 16.4. The number of hydrogen-bond donors (Lipinski definition) is 1. The van der Waals surface area contributed by atoms with Crippen LogP contribution in [0.5, 0.6) is 0 Å². The Morgan fingerprint density at radius 1 is 1.32 bits per heavy atom. The molecule has 19 heavy (non-hydrogen) atoms. The third-order valence-electron chi connectivity index (χ3n) is 2.83. The van der Waals surface area contributed by atoms with Crippen molar-refractivity contribution in [2.45, 2.75) is 26.2 Å².